The van der Waals surface area contributed by atoms with Gasteiger partial charge in [-0.3, -0.25) is 0 Å². The second-order valence-corrected chi connectivity index (χ2v) is 31.9. The molecule has 6 atom stereocenters. The molecule has 137 heavy (non-hydrogen) atoms. The third kappa shape index (κ3) is 36.0. The summed E-state index contributed by atoms with van der Waals surface area (Å²) in [5.41, 5.74) is 27.6. The summed E-state index contributed by atoms with van der Waals surface area (Å²) in [4.78, 5) is 0. The van der Waals surface area contributed by atoms with E-state index in [4.69, 9.17) is 38.2 Å². The lowest BCUT2D eigenvalue weighted by atomic mass is 9.81. The van der Waals surface area contributed by atoms with Gasteiger partial charge in [0.05, 0.1) is 49.9 Å². The number of nitriles is 4. The molecule has 0 aliphatic rings. The highest BCUT2D eigenvalue weighted by atomic mass is 19.2. The Labute approximate surface area is 800 Å². The smallest absolute Gasteiger partial charge is 0.123 e. The molecule has 0 heterocycles. The van der Waals surface area contributed by atoms with Crippen LogP contribution in [-0.4, -0.2) is 27.5 Å². The zero-order valence-electron chi connectivity index (χ0n) is 75.1. The van der Waals surface area contributed by atoms with E-state index in [2.05, 4.69) is 32.1 Å². The molecule has 0 saturated carbocycles. The molecule has 22 heteroatoms. The summed E-state index contributed by atoms with van der Waals surface area (Å²) in [5, 5.41) is 36.2. The van der Waals surface area contributed by atoms with E-state index in [9.17, 15) is 61.5 Å². The summed E-state index contributed by atoms with van der Waals surface area (Å²) in [6.07, 6.45) is 0.187. The van der Waals surface area contributed by atoms with Crippen LogP contribution in [0.1, 0.15) is 190 Å². The molecular weight excluding hydrogens is 1760 g/mol. The van der Waals surface area contributed by atoms with E-state index in [0.29, 0.717) is 64.1 Å². The van der Waals surface area contributed by atoms with E-state index < -0.39 is 0 Å². The fraction of sp³-hybridized carbons (Fsp3) is 0.235. The van der Waals surface area contributed by atoms with Gasteiger partial charge >= 0.3 is 0 Å². The van der Waals surface area contributed by atoms with Gasteiger partial charge in [-0.1, -0.05) is 220 Å². The Bertz CT molecular complexity index is 5370. The molecule has 0 fully saturated rings. The summed E-state index contributed by atoms with van der Waals surface area (Å²) >= 11 is 0. The van der Waals surface area contributed by atoms with E-state index in [0.717, 1.165) is 33.4 Å². The molecule has 6 N–H and O–H groups in total. The molecule has 0 saturated heterocycles. The Balaban J connectivity index is 0.000000332. The van der Waals surface area contributed by atoms with Gasteiger partial charge < -0.3 is 17.2 Å². The maximum atomic E-state index is 13.4. The zero-order valence-corrected chi connectivity index (χ0v) is 75.1. The molecule has 0 aliphatic heterocycles. The largest absolute Gasteiger partial charge is 0.330 e. The Hall–Kier alpha value is -14.0. The van der Waals surface area contributed by atoms with Crippen LogP contribution in [0.2, 0.25) is 6.82 Å². The first-order valence-corrected chi connectivity index (χ1v) is 43.2. The van der Waals surface area contributed by atoms with E-state index in [-0.39, 0.29) is 187 Å². The van der Waals surface area contributed by atoms with Crippen LogP contribution in [0.15, 0.2) is 340 Å². The molecule has 0 aliphatic carbocycles. The van der Waals surface area contributed by atoms with E-state index in [1.807, 2.05) is 57.2 Å². The Morgan fingerprint density at radius 3 is 0.438 bits per heavy atom. The van der Waals surface area contributed by atoms with Crippen molar-refractivity contribution in [1.82, 2.24) is 0 Å². The molecule has 0 amide bonds. The van der Waals surface area contributed by atoms with E-state index >= 15 is 0 Å². The van der Waals surface area contributed by atoms with Gasteiger partial charge in [-0.25, -0.2) is 61.5 Å². The minimum absolute atomic E-state index is 0. The number of hydrogen-bond donors (Lipinski definition) is 3. The van der Waals surface area contributed by atoms with E-state index in [1.165, 1.54) is 177 Å². The lowest BCUT2D eigenvalue weighted by molar-refractivity contribution is 0.516. The van der Waals surface area contributed by atoms with Crippen LogP contribution in [-0.2, 0) is 0 Å². The van der Waals surface area contributed by atoms with Gasteiger partial charge in [0.2, 0.25) is 0 Å². The van der Waals surface area contributed by atoms with Gasteiger partial charge in [-0.05, 0) is 306 Å². The first-order chi connectivity index (χ1) is 64.4. The highest BCUT2D eigenvalue weighted by Gasteiger charge is 2.29. The monoisotopic (exact) mass is 1870 g/mol. The predicted molar refractivity (Wildman–Crippen MR) is 524 cm³/mol. The van der Waals surface area contributed by atoms with Crippen molar-refractivity contribution in [1.29, 1.82) is 21.0 Å². The number of rotatable bonds is 24. The molecule has 0 bridgehead atoms. The standard InChI is InChI=1S/3C16H17F2N.3C16H13F2N.C15H11F2N.CH3B.3CH4/c6*1-11(10-19)16(12-4-2-6-14(17)8-12)13-5-3-7-15(18)9-13;16-13-5-1-3-11(9-13)15(7-8-18)12-4-2-6-14(17)10-12;1-2;;;/h3*2-9,11,16H,10,19H2,1H3;3*2-9,11,16H,1H3;1-6,9-10,15H,7H2;1H3;3*1H4/t2*11-;;;;;;;;;/m10........./s1. The number of benzene rings is 14. The predicted octanol–water partition coefficient (Wildman–Crippen LogP) is 30.0. The van der Waals surface area contributed by atoms with Gasteiger partial charge in [-0.15, -0.1) is 0 Å². The topological polar surface area (TPSA) is 173 Å². The summed E-state index contributed by atoms with van der Waals surface area (Å²) in [7, 11) is 4.50. The first-order valence-electron chi connectivity index (χ1n) is 43.2. The molecule has 14 rings (SSSR count). The first kappa shape index (κ1) is 115. The molecule has 0 spiro atoms. The van der Waals surface area contributed by atoms with Crippen molar-refractivity contribution in [3.63, 3.8) is 0 Å². The highest BCUT2D eigenvalue weighted by molar-refractivity contribution is 6.05. The van der Waals surface area contributed by atoms with Crippen molar-refractivity contribution >= 4 is 7.85 Å². The van der Waals surface area contributed by atoms with Crippen LogP contribution in [0.4, 0.5) is 61.5 Å². The number of nitrogens with zero attached hydrogens (tertiary/aromatic N) is 4. The van der Waals surface area contributed by atoms with Crippen LogP contribution in [0, 0.1) is 162 Å². The minimum Gasteiger partial charge on any atom is -0.330 e. The second-order valence-electron chi connectivity index (χ2n) is 31.9. The highest BCUT2D eigenvalue weighted by Crippen LogP contribution is 2.40. The number of hydrogen-bond acceptors (Lipinski definition) is 7. The van der Waals surface area contributed by atoms with Crippen molar-refractivity contribution in [2.45, 2.75) is 118 Å². The Morgan fingerprint density at radius 2 is 0.328 bits per heavy atom. The van der Waals surface area contributed by atoms with Gasteiger partial charge in [0.1, 0.15) is 81.4 Å². The summed E-state index contributed by atoms with van der Waals surface area (Å²) in [6, 6.07) is 95.7. The van der Waals surface area contributed by atoms with Crippen molar-refractivity contribution in [2.75, 3.05) is 19.6 Å². The Morgan fingerprint density at radius 1 is 0.212 bits per heavy atom. The lowest BCUT2D eigenvalue weighted by Gasteiger charge is -2.24. The molecule has 14 aromatic rings. The zero-order chi connectivity index (χ0) is 97.9. The normalized spacial score (nSPS) is 11.7. The minimum atomic E-state index is -0.372. The van der Waals surface area contributed by atoms with Crippen LogP contribution in [0.3, 0.4) is 0 Å². The molecule has 712 valence electrons. The third-order valence-corrected chi connectivity index (χ3v) is 22.2. The van der Waals surface area contributed by atoms with Crippen molar-refractivity contribution in [3.05, 3.63) is 499 Å². The van der Waals surface area contributed by atoms with Gasteiger partial charge in [0.15, 0.2) is 0 Å². The second kappa shape index (κ2) is 59.7. The molecule has 4 unspecified atom stereocenters. The van der Waals surface area contributed by atoms with E-state index in [1.54, 1.807) is 154 Å². The summed E-state index contributed by atoms with van der Waals surface area (Å²) < 4.78 is 187. The lowest BCUT2D eigenvalue weighted by Crippen LogP contribution is -2.20. The van der Waals surface area contributed by atoms with Gasteiger partial charge in [0.25, 0.3) is 0 Å². The van der Waals surface area contributed by atoms with Crippen LogP contribution in [0.25, 0.3) is 0 Å². The fourth-order valence-electron chi connectivity index (χ4n) is 15.9. The molecule has 7 nitrogen and oxygen atoms in total. The molecule has 2 radical (unpaired) electrons. The van der Waals surface area contributed by atoms with Crippen molar-refractivity contribution in [3.8, 4) is 24.3 Å². The van der Waals surface area contributed by atoms with Gasteiger partial charge in [-0.2, -0.15) is 21.0 Å². The summed E-state index contributed by atoms with van der Waals surface area (Å²) in [6.45, 7) is 14.1. The van der Waals surface area contributed by atoms with Gasteiger partial charge in [0, 0.05) is 47.8 Å². The number of halogens is 14. The van der Waals surface area contributed by atoms with Crippen LogP contribution < -0.4 is 17.2 Å². The molecule has 0 aromatic heterocycles. The molecular formula is C115H116BF14N7. The summed E-state index contributed by atoms with van der Waals surface area (Å²) in [5.74, 6) is -7.02. The third-order valence-electron chi connectivity index (χ3n) is 22.2. The molecule has 14 aromatic carbocycles. The fourth-order valence-corrected chi connectivity index (χ4v) is 15.9. The van der Waals surface area contributed by atoms with Crippen molar-refractivity contribution in [2.24, 2.45) is 52.7 Å². The average Bonchev–Trinajstić information content (AvgIpc) is 0.804. The van der Waals surface area contributed by atoms with Crippen LogP contribution >= 0.6 is 0 Å². The maximum absolute atomic E-state index is 13.4. The van der Waals surface area contributed by atoms with Crippen LogP contribution in [0.5, 0.6) is 0 Å². The average molecular weight is 1870 g/mol. The Kier molecular flexibility index (Phi) is 50.2. The SMILES string of the molecule is C.C.C.CC(C#N)C(c1cccc(F)c1)c1cccc(F)c1.CC(C#N)C(c1cccc(F)c1)c1cccc(F)c1.CC(C#N)C(c1cccc(F)c1)c1cccc(F)c1.CC(CN)C(c1cccc(F)c1)c1cccc(F)c1.C[C@@H](CN)C(c1cccc(F)c1)c1cccc(F)c1.C[C@H](CN)C(c1cccc(F)c1)c1cccc(F)c1.N#CCC(c1cccc(F)c1)c1cccc(F)c1.[B]C. The number of nitrogens with two attached hydrogens (primary N) is 3. The van der Waals surface area contributed by atoms with Crippen molar-refractivity contribution < 1.29 is 61.5 Å². The quantitative estimate of drug-likeness (QED) is 0.0399. The maximum Gasteiger partial charge on any atom is 0.123 e.